The van der Waals surface area contributed by atoms with Crippen LogP contribution in [0.3, 0.4) is 0 Å². The van der Waals surface area contributed by atoms with Gasteiger partial charge in [-0.15, -0.1) is 0 Å². The Balaban J connectivity index is 1.94. The maximum Gasteiger partial charge on any atom is 0.115 e. The van der Waals surface area contributed by atoms with Gasteiger partial charge in [-0.1, -0.05) is 0 Å². The van der Waals surface area contributed by atoms with Crippen LogP contribution in [0.5, 0.6) is 5.75 Å². The van der Waals surface area contributed by atoms with Crippen molar-refractivity contribution in [2.75, 3.05) is 18.8 Å². The number of aromatic hydroxyl groups is 1. The molecule has 1 saturated heterocycles. The second kappa shape index (κ2) is 5.46. The van der Waals surface area contributed by atoms with Gasteiger partial charge in [-0.2, -0.15) is 0 Å². The second-order valence-electron chi connectivity index (χ2n) is 4.20. The SMILES string of the molecule is O=S(CC1CCNCC1)c1ccc(O)cc1. The first-order valence-electron chi connectivity index (χ1n) is 5.64. The molecule has 3 nitrogen and oxygen atoms in total. The van der Waals surface area contributed by atoms with Crippen LogP contribution in [-0.2, 0) is 10.8 Å². The van der Waals surface area contributed by atoms with Gasteiger partial charge >= 0.3 is 0 Å². The maximum atomic E-state index is 12.0. The summed E-state index contributed by atoms with van der Waals surface area (Å²) in [7, 11) is -0.928. The van der Waals surface area contributed by atoms with Crippen molar-refractivity contribution in [2.45, 2.75) is 17.7 Å². The number of rotatable bonds is 3. The summed E-state index contributed by atoms with van der Waals surface area (Å²) in [5, 5.41) is 12.5. The van der Waals surface area contributed by atoms with Gasteiger partial charge < -0.3 is 10.4 Å². The fraction of sp³-hybridized carbons (Fsp3) is 0.500. The summed E-state index contributed by atoms with van der Waals surface area (Å²) in [5.74, 6) is 1.53. The van der Waals surface area contributed by atoms with E-state index in [-0.39, 0.29) is 5.75 Å². The van der Waals surface area contributed by atoms with E-state index in [1.165, 1.54) is 0 Å². The van der Waals surface area contributed by atoms with Gasteiger partial charge in [-0.05, 0) is 56.1 Å². The summed E-state index contributed by atoms with van der Waals surface area (Å²) in [6.45, 7) is 2.08. The lowest BCUT2D eigenvalue weighted by Gasteiger charge is -2.21. The molecule has 1 aliphatic heterocycles. The molecule has 2 N–H and O–H groups in total. The van der Waals surface area contributed by atoms with Gasteiger partial charge in [0.25, 0.3) is 0 Å². The Kier molecular flexibility index (Phi) is 3.96. The van der Waals surface area contributed by atoms with E-state index in [1.54, 1.807) is 24.3 Å². The van der Waals surface area contributed by atoms with Gasteiger partial charge in [0.1, 0.15) is 5.75 Å². The van der Waals surface area contributed by atoms with E-state index in [0.29, 0.717) is 5.92 Å². The van der Waals surface area contributed by atoms with Gasteiger partial charge in [0, 0.05) is 10.6 Å². The molecular formula is C12H17NO2S. The number of hydrogen-bond donors (Lipinski definition) is 2. The van der Waals surface area contributed by atoms with Crippen molar-refractivity contribution >= 4 is 10.8 Å². The highest BCUT2D eigenvalue weighted by Crippen LogP contribution is 2.18. The largest absolute Gasteiger partial charge is 0.508 e. The fourth-order valence-corrected chi connectivity index (χ4v) is 3.35. The third kappa shape index (κ3) is 3.06. The Bertz CT molecular complexity index is 358. The molecular weight excluding hydrogens is 222 g/mol. The van der Waals surface area contributed by atoms with Crippen molar-refractivity contribution in [1.82, 2.24) is 5.32 Å². The molecule has 1 unspecified atom stereocenters. The normalized spacial score (nSPS) is 19.5. The monoisotopic (exact) mass is 239 g/mol. The second-order valence-corrected chi connectivity index (χ2v) is 5.70. The van der Waals surface area contributed by atoms with Crippen LogP contribution in [0, 0.1) is 5.92 Å². The van der Waals surface area contributed by atoms with Crippen molar-refractivity contribution in [1.29, 1.82) is 0 Å². The Labute approximate surface area is 98.3 Å². The van der Waals surface area contributed by atoms with Crippen LogP contribution in [0.1, 0.15) is 12.8 Å². The first-order chi connectivity index (χ1) is 7.75. The minimum Gasteiger partial charge on any atom is -0.508 e. The zero-order chi connectivity index (χ0) is 11.4. The van der Waals surface area contributed by atoms with Crippen LogP contribution < -0.4 is 5.32 Å². The van der Waals surface area contributed by atoms with Crippen LogP contribution in [0.15, 0.2) is 29.2 Å². The van der Waals surface area contributed by atoms with Crippen LogP contribution in [0.4, 0.5) is 0 Å². The smallest absolute Gasteiger partial charge is 0.115 e. The molecule has 1 atom stereocenters. The van der Waals surface area contributed by atoms with Crippen molar-refractivity contribution in [2.24, 2.45) is 5.92 Å². The number of piperidine rings is 1. The first kappa shape index (κ1) is 11.6. The molecule has 1 fully saturated rings. The molecule has 0 radical (unpaired) electrons. The molecule has 88 valence electrons. The van der Waals surface area contributed by atoms with Crippen LogP contribution in [-0.4, -0.2) is 28.2 Å². The molecule has 2 rings (SSSR count). The molecule has 1 aromatic carbocycles. The molecule has 4 heteroatoms. The summed E-state index contributed by atoms with van der Waals surface area (Å²) >= 11 is 0. The van der Waals surface area contributed by atoms with E-state index in [9.17, 15) is 4.21 Å². The minimum absolute atomic E-state index is 0.225. The lowest BCUT2D eigenvalue weighted by atomic mass is 10.0. The van der Waals surface area contributed by atoms with Crippen LogP contribution >= 0.6 is 0 Å². The Morgan fingerprint density at radius 1 is 1.25 bits per heavy atom. The number of phenolic OH excluding ortho intramolecular Hbond substituents is 1. The predicted octanol–water partition coefficient (Wildman–Crippen LogP) is 1.50. The summed E-state index contributed by atoms with van der Waals surface area (Å²) < 4.78 is 12.0. The van der Waals surface area contributed by atoms with Gasteiger partial charge in [-0.25, -0.2) is 0 Å². The Morgan fingerprint density at radius 2 is 1.88 bits per heavy atom. The fourth-order valence-electron chi connectivity index (χ4n) is 1.96. The van der Waals surface area contributed by atoms with Crippen molar-refractivity contribution in [3.63, 3.8) is 0 Å². The highest BCUT2D eigenvalue weighted by Gasteiger charge is 2.16. The predicted molar refractivity (Wildman–Crippen MR) is 65.0 cm³/mol. The Morgan fingerprint density at radius 3 is 2.50 bits per heavy atom. The summed E-state index contributed by atoms with van der Waals surface area (Å²) in [6, 6.07) is 6.67. The lowest BCUT2D eigenvalue weighted by Crippen LogP contribution is -2.30. The van der Waals surface area contributed by atoms with Gasteiger partial charge in [-0.3, -0.25) is 4.21 Å². The van der Waals surface area contributed by atoms with E-state index in [2.05, 4.69) is 5.32 Å². The van der Waals surface area contributed by atoms with Crippen molar-refractivity contribution in [3.8, 4) is 5.75 Å². The highest BCUT2D eigenvalue weighted by atomic mass is 32.2. The van der Waals surface area contributed by atoms with Crippen LogP contribution in [0.2, 0.25) is 0 Å². The van der Waals surface area contributed by atoms with E-state index < -0.39 is 10.8 Å². The molecule has 1 heterocycles. The topological polar surface area (TPSA) is 49.3 Å². The quantitative estimate of drug-likeness (QED) is 0.840. The molecule has 0 amide bonds. The van der Waals surface area contributed by atoms with E-state index in [0.717, 1.165) is 36.6 Å². The lowest BCUT2D eigenvalue weighted by molar-refractivity contribution is 0.405. The average Bonchev–Trinajstić information content (AvgIpc) is 2.31. The number of hydrogen-bond acceptors (Lipinski definition) is 3. The van der Waals surface area contributed by atoms with E-state index in [4.69, 9.17) is 5.11 Å². The first-order valence-corrected chi connectivity index (χ1v) is 6.96. The zero-order valence-corrected chi connectivity index (χ0v) is 10.0. The molecule has 16 heavy (non-hydrogen) atoms. The van der Waals surface area contributed by atoms with Gasteiger partial charge in [0.2, 0.25) is 0 Å². The molecule has 1 aliphatic rings. The molecule has 0 aliphatic carbocycles. The molecule has 1 aromatic rings. The summed E-state index contributed by atoms with van der Waals surface area (Å²) in [6.07, 6.45) is 2.23. The number of phenols is 1. The number of nitrogens with one attached hydrogen (secondary N) is 1. The third-order valence-electron chi connectivity index (χ3n) is 2.95. The zero-order valence-electron chi connectivity index (χ0n) is 9.19. The maximum absolute atomic E-state index is 12.0. The van der Waals surface area contributed by atoms with Gasteiger partial charge in [0.05, 0.1) is 10.8 Å². The molecule has 0 spiro atoms. The van der Waals surface area contributed by atoms with E-state index in [1.807, 2.05) is 0 Å². The summed E-state index contributed by atoms with van der Waals surface area (Å²) in [4.78, 5) is 0.816. The Hall–Kier alpha value is -0.870. The van der Waals surface area contributed by atoms with E-state index >= 15 is 0 Å². The molecule has 0 bridgehead atoms. The number of benzene rings is 1. The van der Waals surface area contributed by atoms with Crippen molar-refractivity contribution < 1.29 is 9.32 Å². The third-order valence-corrected chi connectivity index (χ3v) is 4.52. The standard InChI is InChI=1S/C12H17NO2S/c14-11-1-3-12(4-2-11)16(15)9-10-5-7-13-8-6-10/h1-4,10,13-14H,5-9H2. The van der Waals surface area contributed by atoms with Crippen molar-refractivity contribution in [3.05, 3.63) is 24.3 Å². The summed E-state index contributed by atoms with van der Waals surface area (Å²) in [5.41, 5.74) is 0. The molecule has 0 aromatic heterocycles. The minimum atomic E-state index is -0.928. The highest BCUT2D eigenvalue weighted by molar-refractivity contribution is 7.85. The van der Waals surface area contributed by atoms with Gasteiger partial charge in [0.15, 0.2) is 0 Å². The van der Waals surface area contributed by atoms with Crippen LogP contribution in [0.25, 0.3) is 0 Å². The molecule has 0 saturated carbocycles. The average molecular weight is 239 g/mol.